The third-order valence-electron chi connectivity index (χ3n) is 7.37. The van der Waals surface area contributed by atoms with Gasteiger partial charge in [-0.2, -0.15) is 0 Å². The molecule has 0 radical (unpaired) electrons. The molecule has 2 aliphatic rings. The van der Waals surface area contributed by atoms with Gasteiger partial charge < -0.3 is 9.84 Å². The molecular weight excluding hydrogens is 488 g/mol. The number of carboxylic acid groups (broad SMARTS) is 1. The minimum atomic E-state index is -1.09. The van der Waals surface area contributed by atoms with Crippen LogP contribution in [0.3, 0.4) is 0 Å². The number of hydrogen-bond donors (Lipinski definition) is 1. The van der Waals surface area contributed by atoms with Crippen LogP contribution in [0.15, 0.2) is 41.4 Å². The van der Waals surface area contributed by atoms with Gasteiger partial charge in [-0.1, -0.05) is 25.1 Å². The van der Waals surface area contributed by atoms with Gasteiger partial charge >= 0.3 is 5.97 Å². The van der Waals surface area contributed by atoms with Gasteiger partial charge in [0.25, 0.3) is 0 Å². The second-order valence-electron chi connectivity index (χ2n) is 9.96. The first kappa shape index (κ1) is 25.4. The molecule has 2 aromatic heterocycles. The minimum Gasteiger partial charge on any atom is -0.477 e. The molecule has 194 valence electrons. The predicted octanol–water partition coefficient (Wildman–Crippen LogP) is 5.54. The van der Waals surface area contributed by atoms with Crippen molar-refractivity contribution in [2.45, 2.75) is 51.5 Å². The molecule has 5 rings (SSSR count). The molecule has 37 heavy (non-hydrogen) atoms. The Bertz CT molecular complexity index is 1240. The van der Waals surface area contributed by atoms with Gasteiger partial charge in [-0.15, -0.1) is 16.4 Å². The van der Waals surface area contributed by atoms with E-state index in [9.17, 15) is 14.7 Å². The molecule has 1 N–H and O–H groups in total. The van der Waals surface area contributed by atoms with E-state index in [1.807, 2.05) is 41.8 Å². The number of aromatic carboxylic acids is 1. The first-order valence-corrected chi connectivity index (χ1v) is 13.8. The molecule has 1 saturated heterocycles. The molecule has 1 amide bonds. The lowest BCUT2D eigenvalue weighted by Crippen LogP contribution is -2.47. The molecule has 3 heterocycles. The lowest BCUT2D eigenvalue weighted by Gasteiger charge is -2.37. The van der Waals surface area contributed by atoms with E-state index < -0.39 is 5.97 Å². The van der Waals surface area contributed by atoms with Crippen molar-refractivity contribution in [3.05, 3.63) is 58.2 Å². The van der Waals surface area contributed by atoms with Crippen molar-refractivity contribution in [1.29, 1.82) is 0 Å². The van der Waals surface area contributed by atoms with Crippen molar-refractivity contribution in [2.75, 3.05) is 18.1 Å². The van der Waals surface area contributed by atoms with Crippen LogP contribution in [0, 0.1) is 11.8 Å². The third-order valence-corrected chi connectivity index (χ3v) is 7.97. The lowest BCUT2D eigenvalue weighted by atomic mass is 9.82. The van der Waals surface area contributed by atoms with Crippen LogP contribution in [-0.2, 0) is 9.53 Å². The molecule has 0 unspecified atom stereocenters. The van der Waals surface area contributed by atoms with Crippen LogP contribution >= 0.6 is 11.3 Å². The molecule has 9 heteroatoms. The second-order valence-corrected chi connectivity index (χ2v) is 10.7. The zero-order valence-corrected chi connectivity index (χ0v) is 21.8. The number of carboxylic acids is 1. The third kappa shape index (κ3) is 5.83. The Hall–Kier alpha value is -3.30. The summed E-state index contributed by atoms with van der Waals surface area (Å²) in [5.41, 5.74) is 4.46. The van der Waals surface area contributed by atoms with E-state index in [-0.39, 0.29) is 29.2 Å². The number of ether oxygens (including phenoxy) is 1. The summed E-state index contributed by atoms with van der Waals surface area (Å²) in [5.74, 6) is -0.348. The van der Waals surface area contributed by atoms with Crippen LogP contribution in [0.4, 0.5) is 5.82 Å². The van der Waals surface area contributed by atoms with Gasteiger partial charge in [-0.3, -0.25) is 9.69 Å². The van der Waals surface area contributed by atoms with E-state index in [1.54, 1.807) is 26.4 Å². The van der Waals surface area contributed by atoms with E-state index >= 15 is 0 Å². The van der Waals surface area contributed by atoms with Gasteiger partial charge in [-0.25, -0.2) is 14.5 Å². The Labute approximate surface area is 220 Å². The number of hydrogen-bond acceptors (Lipinski definition) is 6. The van der Waals surface area contributed by atoms with Crippen molar-refractivity contribution in [1.82, 2.24) is 14.8 Å². The first-order valence-electron chi connectivity index (χ1n) is 12.9. The average Bonchev–Trinajstić information content (AvgIpc) is 3.60. The van der Waals surface area contributed by atoms with Gasteiger partial charge in [0.05, 0.1) is 16.9 Å². The summed E-state index contributed by atoms with van der Waals surface area (Å²) in [4.78, 5) is 32.1. The molecule has 0 bridgehead atoms. The minimum absolute atomic E-state index is 0.00549. The zero-order chi connectivity index (χ0) is 25.8. The first-order chi connectivity index (χ1) is 18.0. The normalized spacial score (nSPS) is 20.8. The highest BCUT2D eigenvalue weighted by Crippen LogP contribution is 2.34. The summed E-state index contributed by atoms with van der Waals surface area (Å²) in [6, 6.07) is 7.56. The molecule has 2 fully saturated rings. The second kappa shape index (κ2) is 11.4. The molecule has 8 nitrogen and oxygen atoms in total. The van der Waals surface area contributed by atoms with Crippen molar-refractivity contribution in [3.8, 4) is 5.69 Å². The Kier molecular flexibility index (Phi) is 7.81. The summed E-state index contributed by atoms with van der Waals surface area (Å²) in [7, 11) is 0. The van der Waals surface area contributed by atoms with Crippen LogP contribution in [0.5, 0.6) is 0 Å². The summed E-state index contributed by atoms with van der Waals surface area (Å²) in [6.07, 6.45) is 10.5. The fraction of sp³-hybridized carbons (Fsp3) is 0.429. The molecule has 1 aliphatic heterocycles. The highest BCUT2D eigenvalue weighted by Gasteiger charge is 2.37. The molecular formula is C28H32N4O4S. The molecule has 3 aromatic rings. The number of nitrogens with zero attached hydrogens (tertiary/aromatic N) is 4. The fourth-order valence-corrected chi connectivity index (χ4v) is 5.68. The Morgan fingerprint density at radius 1 is 1.08 bits per heavy atom. The zero-order valence-electron chi connectivity index (χ0n) is 21.0. The Morgan fingerprint density at radius 3 is 2.46 bits per heavy atom. The maximum Gasteiger partial charge on any atom is 0.341 e. The van der Waals surface area contributed by atoms with Gasteiger partial charge in [-0.05, 0) is 68.2 Å². The highest BCUT2D eigenvalue weighted by atomic mass is 32.1. The van der Waals surface area contributed by atoms with E-state index in [0.717, 1.165) is 42.6 Å². The van der Waals surface area contributed by atoms with Gasteiger partial charge in [0.1, 0.15) is 5.56 Å². The largest absolute Gasteiger partial charge is 0.477 e. The molecule has 0 atom stereocenters. The summed E-state index contributed by atoms with van der Waals surface area (Å²) in [5, 5.41) is 16.7. The van der Waals surface area contributed by atoms with Crippen molar-refractivity contribution in [3.63, 3.8) is 0 Å². The topological polar surface area (TPSA) is 97.6 Å². The highest BCUT2D eigenvalue weighted by molar-refractivity contribution is 7.07. The average molecular weight is 521 g/mol. The summed E-state index contributed by atoms with van der Waals surface area (Å²) < 4.78 is 7.11. The quantitative estimate of drug-likeness (QED) is 0.440. The number of aromatic nitrogens is 3. The maximum atomic E-state index is 13.9. The van der Waals surface area contributed by atoms with Crippen molar-refractivity contribution in [2.24, 2.45) is 11.8 Å². The smallest absolute Gasteiger partial charge is 0.341 e. The van der Waals surface area contributed by atoms with Gasteiger partial charge in [0.2, 0.25) is 5.91 Å². The standard InChI is InChI=1S/C28H32N4O4S/c1-19-2-7-21(8-3-19)27(33)32(24-12-14-36-15-13-24)26-25(28(34)35)16-31(30-26)23-10-5-20(6-11-23)4-9-22-17-37-18-29-22/h4-6,9-11,16-19,21,24H,2-3,7-8,12-15H2,1H3,(H,34,35). The molecule has 0 spiro atoms. The number of carbonyl (C=O) groups is 2. The Morgan fingerprint density at radius 2 is 1.81 bits per heavy atom. The van der Waals surface area contributed by atoms with Crippen LogP contribution in [0.2, 0.25) is 0 Å². The fourth-order valence-electron chi connectivity index (χ4n) is 5.15. The van der Waals surface area contributed by atoms with E-state index in [2.05, 4.69) is 11.9 Å². The number of benzene rings is 1. The van der Waals surface area contributed by atoms with Crippen LogP contribution in [0.1, 0.15) is 67.1 Å². The summed E-state index contributed by atoms with van der Waals surface area (Å²) in [6.45, 7) is 3.32. The SMILES string of the molecule is CC1CCC(C(=O)N(c2nn(-c3ccc(C=Cc4cscn4)cc3)cc2C(=O)O)C2CCOCC2)CC1. The number of carbonyl (C=O) groups excluding carboxylic acids is 1. The van der Waals surface area contributed by atoms with Crippen LogP contribution in [0.25, 0.3) is 17.8 Å². The van der Waals surface area contributed by atoms with Crippen LogP contribution in [-0.4, -0.2) is 51.0 Å². The number of amides is 1. The molecule has 1 saturated carbocycles. The Balaban J connectivity index is 1.45. The number of rotatable bonds is 7. The maximum absolute atomic E-state index is 13.9. The predicted molar refractivity (Wildman–Crippen MR) is 144 cm³/mol. The van der Waals surface area contributed by atoms with Gasteiger partial charge in [0.15, 0.2) is 5.82 Å². The van der Waals surface area contributed by atoms with E-state index in [4.69, 9.17) is 9.84 Å². The van der Waals surface area contributed by atoms with Crippen LogP contribution < -0.4 is 4.90 Å². The summed E-state index contributed by atoms with van der Waals surface area (Å²) >= 11 is 1.55. The molecule has 1 aromatic carbocycles. The van der Waals surface area contributed by atoms with E-state index in [0.29, 0.717) is 32.0 Å². The number of anilines is 1. The molecule has 1 aliphatic carbocycles. The van der Waals surface area contributed by atoms with Gasteiger partial charge in [0, 0.05) is 36.8 Å². The van der Waals surface area contributed by atoms with E-state index in [1.165, 1.54) is 6.20 Å². The number of thiazole rings is 1. The lowest BCUT2D eigenvalue weighted by molar-refractivity contribution is -0.124. The van der Waals surface area contributed by atoms with Crippen molar-refractivity contribution >= 4 is 41.2 Å². The van der Waals surface area contributed by atoms with Crippen molar-refractivity contribution < 1.29 is 19.4 Å². The monoisotopic (exact) mass is 520 g/mol.